The Balaban J connectivity index is -0.000000187. The molecule has 2 N–H and O–H groups in total. The molecule has 0 aliphatic carbocycles. The summed E-state index contributed by atoms with van der Waals surface area (Å²) in [6.45, 7) is 3.00. The van der Waals surface area contributed by atoms with Gasteiger partial charge >= 0.3 is 57.4 Å². The Labute approximate surface area is 131 Å². The maximum absolute atomic E-state index is 9.64. The first-order valence-electron chi connectivity index (χ1n) is 3.83. The van der Waals surface area contributed by atoms with E-state index in [2.05, 4.69) is 0 Å². The number of carboxylic acids is 2. The topological polar surface area (TPSA) is 97.7 Å². The normalized spacial score (nSPS) is 11.4. The van der Waals surface area contributed by atoms with E-state index >= 15 is 0 Å². The van der Waals surface area contributed by atoms with Crippen LogP contribution in [0.4, 0.5) is 0 Å². The van der Waals surface area contributed by atoms with Gasteiger partial charge in [0.1, 0.15) is 6.10 Å². The molecule has 0 fully saturated rings. The van der Waals surface area contributed by atoms with Gasteiger partial charge in [-0.05, 0) is 19.9 Å². The van der Waals surface area contributed by atoms with Crippen molar-refractivity contribution in [2.45, 2.75) is 20.0 Å². The van der Waals surface area contributed by atoms with E-state index in [1.165, 1.54) is 13.0 Å². The van der Waals surface area contributed by atoms with Gasteiger partial charge in [0.05, 0.1) is 5.97 Å². The molecule has 1 unspecified atom stereocenters. The Kier molecular flexibility index (Phi) is 19.1. The van der Waals surface area contributed by atoms with Crippen LogP contribution < -0.4 is 56.5 Å². The molecule has 0 aromatic carbocycles. The molecule has 0 radical (unpaired) electrons. The van der Waals surface area contributed by atoms with E-state index < -0.39 is 18.0 Å². The summed E-state index contributed by atoms with van der Waals surface area (Å²) in [5.74, 6) is -2.35. The molecule has 0 aromatic heterocycles. The zero-order valence-electron chi connectivity index (χ0n) is 9.01. The number of aliphatic carboxylic acids is 2. The predicted octanol–water partition coefficient (Wildman–Crippen LogP) is -3.68. The number of hydrogen-bond donors (Lipinski definition) is 2. The van der Waals surface area contributed by atoms with E-state index in [0.29, 0.717) is 0 Å². The van der Waals surface area contributed by atoms with Crippen molar-refractivity contribution in [3.63, 3.8) is 0 Å². The van der Waals surface area contributed by atoms with Gasteiger partial charge in [0.15, 0.2) is 0 Å². The summed E-state index contributed by atoms with van der Waals surface area (Å²) in [6, 6.07) is 0. The first kappa shape index (κ1) is 20.4. The van der Waals surface area contributed by atoms with Gasteiger partial charge in [0.2, 0.25) is 0 Å². The molecule has 0 aliphatic heterocycles. The first-order valence-corrected chi connectivity index (χ1v) is 3.83. The van der Waals surface area contributed by atoms with E-state index in [4.69, 9.17) is 10.2 Å². The number of carbonyl (C=O) groups excluding carboxylic acids is 1. The van der Waals surface area contributed by atoms with Gasteiger partial charge in [0.25, 0.3) is 0 Å². The molecule has 0 bridgehead atoms. The Morgan fingerprint density at radius 3 is 1.93 bits per heavy atom. The third-order valence-electron chi connectivity index (χ3n) is 0.893. The van der Waals surface area contributed by atoms with Crippen LogP contribution in [-0.2, 0) is 9.59 Å². The minimum atomic E-state index is -1.23. The molecule has 80 valence electrons. The largest absolute Gasteiger partial charge is 1.00 e. The Bertz CT molecular complexity index is 233. The van der Waals surface area contributed by atoms with Crippen LogP contribution in [0.1, 0.15) is 13.8 Å². The number of rotatable bonds is 3. The third kappa shape index (κ3) is 24.9. The molecule has 0 saturated heterocycles. The molecule has 5 nitrogen and oxygen atoms in total. The van der Waals surface area contributed by atoms with E-state index in [0.717, 1.165) is 6.08 Å². The maximum atomic E-state index is 9.64. The van der Waals surface area contributed by atoms with Crippen LogP contribution in [0, 0.1) is 0 Å². The summed E-state index contributed by atoms with van der Waals surface area (Å²) in [7, 11) is 0. The second kappa shape index (κ2) is 14.0. The van der Waals surface area contributed by atoms with Crippen LogP contribution >= 0.6 is 0 Å². The van der Waals surface area contributed by atoms with Gasteiger partial charge < -0.3 is 20.1 Å². The van der Waals surface area contributed by atoms with Crippen molar-refractivity contribution in [1.82, 2.24) is 0 Å². The smallest absolute Gasteiger partial charge is 0.545 e. The Hall–Kier alpha value is 0.0164. The first-order chi connectivity index (χ1) is 6.41. The second-order valence-electron chi connectivity index (χ2n) is 2.22. The number of hydrogen-bond acceptors (Lipinski definition) is 4. The van der Waals surface area contributed by atoms with Gasteiger partial charge in [0, 0.05) is 0 Å². The second-order valence-corrected chi connectivity index (χ2v) is 2.22. The quantitative estimate of drug-likeness (QED) is 0.301. The summed E-state index contributed by atoms with van der Waals surface area (Å²) in [4.78, 5) is 19.1. The van der Waals surface area contributed by atoms with E-state index in [-0.39, 0.29) is 51.4 Å². The van der Waals surface area contributed by atoms with Gasteiger partial charge in [-0.25, -0.2) is 4.79 Å². The van der Waals surface area contributed by atoms with E-state index in [1.807, 2.05) is 0 Å². The van der Waals surface area contributed by atoms with Crippen LogP contribution in [0.2, 0.25) is 0 Å². The van der Waals surface area contributed by atoms with Crippen LogP contribution in [-0.4, -0.2) is 28.3 Å². The monoisotopic (exact) mass is 240 g/mol. The SMILES string of the molecule is CC(O)C(=O)O.CC=CC=CC(=O)[O-].[K+]. The molecule has 0 aliphatic rings. The number of carbonyl (C=O) groups is 2. The fourth-order valence-corrected chi connectivity index (χ4v) is 0.245. The van der Waals surface area contributed by atoms with E-state index in [9.17, 15) is 14.7 Å². The van der Waals surface area contributed by atoms with Crippen molar-refractivity contribution in [2.24, 2.45) is 0 Å². The van der Waals surface area contributed by atoms with Crippen LogP contribution in [0.3, 0.4) is 0 Å². The predicted molar refractivity (Wildman–Crippen MR) is 48.3 cm³/mol. The summed E-state index contributed by atoms with van der Waals surface area (Å²) in [5.41, 5.74) is 0. The van der Waals surface area contributed by atoms with Gasteiger partial charge in [-0.3, -0.25) is 0 Å². The molecule has 0 heterocycles. The van der Waals surface area contributed by atoms with Crippen molar-refractivity contribution in [2.75, 3.05) is 0 Å². The molecular weight excluding hydrogens is 227 g/mol. The molecule has 0 rings (SSSR count). The van der Waals surface area contributed by atoms with Crippen molar-refractivity contribution in [3.8, 4) is 0 Å². The molecule has 6 heteroatoms. The van der Waals surface area contributed by atoms with Crippen molar-refractivity contribution in [1.29, 1.82) is 0 Å². The molecular formula is C9H13KO5. The third-order valence-corrected chi connectivity index (χ3v) is 0.893. The van der Waals surface area contributed by atoms with Crippen LogP contribution in [0.25, 0.3) is 0 Å². The fourth-order valence-electron chi connectivity index (χ4n) is 0.245. The minimum Gasteiger partial charge on any atom is -0.545 e. The van der Waals surface area contributed by atoms with Crippen LogP contribution in [0.15, 0.2) is 24.3 Å². The standard InChI is InChI=1S/C6H8O2.C3H6O3.K/c1-2-3-4-5-6(7)8;1-2(4)3(5)6;/h2-5H,1H3,(H,7,8);2,4H,1H3,(H,5,6);/q;;+1/p-1. The zero-order valence-corrected chi connectivity index (χ0v) is 12.1. The minimum absolute atomic E-state index is 0. The molecule has 0 amide bonds. The number of carboxylic acid groups (broad SMARTS) is 2. The summed E-state index contributed by atoms with van der Waals surface area (Å²) in [6.07, 6.45) is 4.51. The Morgan fingerprint density at radius 1 is 1.33 bits per heavy atom. The molecule has 0 saturated carbocycles. The van der Waals surface area contributed by atoms with E-state index in [1.54, 1.807) is 19.1 Å². The number of aliphatic hydroxyl groups is 1. The van der Waals surface area contributed by atoms with Crippen molar-refractivity contribution in [3.05, 3.63) is 24.3 Å². The summed E-state index contributed by atoms with van der Waals surface area (Å²) >= 11 is 0. The summed E-state index contributed by atoms with van der Waals surface area (Å²) < 4.78 is 0. The molecule has 0 spiro atoms. The number of aliphatic hydroxyl groups excluding tert-OH is 1. The average Bonchev–Trinajstić information content (AvgIpc) is 2.05. The number of allylic oxidation sites excluding steroid dienone is 3. The fraction of sp³-hybridized carbons (Fsp3) is 0.333. The molecule has 1 atom stereocenters. The van der Waals surface area contributed by atoms with Crippen molar-refractivity contribution < 1.29 is 76.3 Å². The average molecular weight is 240 g/mol. The van der Waals surface area contributed by atoms with Gasteiger partial charge in [-0.2, -0.15) is 0 Å². The van der Waals surface area contributed by atoms with Gasteiger partial charge in [-0.1, -0.05) is 18.2 Å². The zero-order chi connectivity index (χ0) is 11.6. The van der Waals surface area contributed by atoms with Gasteiger partial charge in [-0.15, -0.1) is 0 Å². The van der Waals surface area contributed by atoms with Crippen molar-refractivity contribution >= 4 is 11.9 Å². The Morgan fingerprint density at radius 2 is 1.73 bits per heavy atom. The maximum Gasteiger partial charge on any atom is 1.00 e. The molecule has 0 aromatic rings. The summed E-state index contributed by atoms with van der Waals surface area (Å²) in [5, 5.41) is 25.4. The van der Waals surface area contributed by atoms with Crippen LogP contribution in [0.5, 0.6) is 0 Å². The molecule has 15 heavy (non-hydrogen) atoms.